The highest BCUT2D eigenvalue weighted by molar-refractivity contribution is 5.74. The summed E-state index contributed by atoms with van der Waals surface area (Å²) in [6.45, 7) is 33.9. The molecule has 0 saturated heterocycles. The molecular weight excluding hydrogens is 939 g/mol. The third-order valence-corrected chi connectivity index (χ3v) is 20.0. The molecule has 9 atom stereocenters. The van der Waals surface area contributed by atoms with Crippen LogP contribution in [0.3, 0.4) is 0 Å². The van der Waals surface area contributed by atoms with Gasteiger partial charge < -0.3 is 24.2 Å². The minimum atomic E-state index is -0.232. The number of ether oxygens (including phenoxy) is 3. The van der Waals surface area contributed by atoms with E-state index in [-0.39, 0.29) is 35.7 Å². The molecule has 4 aliphatic carbocycles. The standard InChI is InChI=1S/C69H107NO6/c1-47(2)22-19-23-49(5)24-20-25-50(6)26-21-38-67(12)39-35-58-55(11)65(53(9)54(10)66(58)76-67)75-63(72)27-17-15-16-18-42-70(44-45-71)43-37-64(73)74-57-34-40-68(13)56(46-57)30-31-59-61-33-32-60(69(61,14)41-36-62(59)68)52(8)29-28-51(7)48(3)4/h22,24,26,28-31,48,51-52,57,60-62,71H,15-21,23,25,27,32-46H2,1-14H3/b29-28+,49-24+,50-26+. The number of aliphatic hydroxyl groups is 1. The van der Waals surface area contributed by atoms with Gasteiger partial charge in [0.05, 0.1) is 13.0 Å². The second-order valence-corrected chi connectivity index (χ2v) is 26.3. The zero-order valence-electron chi connectivity index (χ0n) is 50.7. The summed E-state index contributed by atoms with van der Waals surface area (Å²) in [4.78, 5) is 28.8. The highest BCUT2D eigenvalue weighted by Gasteiger charge is 2.57. The summed E-state index contributed by atoms with van der Waals surface area (Å²) in [6, 6.07) is 0. The van der Waals surface area contributed by atoms with Crippen LogP contribution in [0.2, 0.25) is 0 Å². The number of unbranched alkanes of at least 4 members (excludes halogenated alkanes) is 3. The fourth-order valence-corrected chi connectivity index (χ4v) is 14.3. The summed E-state index contributed by atoms with van der Waals surface area (Å²) >= 11 is 0. The SMILES string of the molecule is CC(C)=CCC/C(C)=C/CC/C(C)=C/CCC1(C)CCc2c(C)c(OC(=O)CCCCCCN(CCO)CCC(=O)OC3CCC4(C)C(=CC=C5C4CCC4(C)C5CCC4C(C)/C=C/C(C)C(C)C)C3)c(C)c(C)c2O1. The van der Waals surface area contributed by atoms with Gasteiger partial charge in [0.25, 0.3) is 0 Å². The Labute approximate surface area is 463 Å². The Bertz CT molecular complexity index is 2320. The van der Waals surface area contributed by atoms with Crippen molar-refractivity contribution in [2.45, 2.75) is 243 Å². The number of aliphatic hydroxyl groups excluding tert-OH is 1. The summed E-state index contributed by atoms with van der Waals surface area (Å²) in [5.74, 6) is 5.28. The molecule has 0 radical (unpaired) electrons. The first-order valence-electron chi connectivity index (χ1n) is 30.7. The van der Waals surface area contributed by atoms with Crippen molar-refractivity contribution in [2.75, 3.05) is 26.2 Å². The van der Waals surface area contributed by atoms with Gasteiger partial charge in [-0.25, -0.2) is 0 Å². The smallest absolute Gasteiger partial charge is 0.311 e. The number of carbonyl (C=O) groups excluding carboxylic acids is 2. The van der Waals surface area contributed by atoms with Crippen molar-refractivity contribution in [1.29, 1.82) is 0 Å². The number of allylic oxidation sites excluding steroid dienone is 11. The van der Waals surface area contributed by atoms with Crippen molar-refractivity contribution >= 4 is 11.9 Å². The van der Waals surface area contributed by atoms with Gasteiger partial charge in [0.15, 0.2) is 0 Å². The average Bonchev–Trinajstić information content (AvgIpc) is 3.81. The number of benzene rings is 1. The van der Waals surface area contributed by atoms with Crippen molar-refractivity contribution in [3.8, 4) is 11.5 Å². The molecule has 0 bridgehead atoms. The Morgan fingerprint density at radius 3 is 2.16 bits per heavy atom. The van der Waals surface area contributed by atoms with Crippen molar-refractivity contribution in [1.82, 2.24) is 4.90 Å². The zero-order valence-corrected chi connectivity index (χ0v) is 50.7. The third-order valence-electron chi connectivity index (χ3n) is 20.0. The van der Waals surface area contributed by atoms with E-state index in [2.05, 4.69) is 144 Å². The van der Waals surface area contributed by atoms with Gasteiger partial charge >= 0.3 is 11.9 Å². The van der Waals surface area contributed by atoms with Crippen LogP contribution >= 0.6 is 0 Å². The molecule has 7 heteroatoms. The molecule has 9 unspecified atom stereocenters. The Morgan fingerprint density at radius 1 is 0.737 bits per heavy atom. The molecule has 0 aromatic heterocycles. The van der Waals surface area contributed by atoms with Crippen molar-refractivity contribution in [2.24, 2.45) is 46.3 Å². The molecule has 0 amide bonds. The minimum Gasteiger partial charge on any atom is -0.487 e. The Balaban J connectivity index is 0.889. The van der Waals surface area contributed by atoms with E-state index < -0.39 is 0 Å². The molecule has 7 nitrogen and oxygen atoms in total. The first-order chi connectivity index (χ1) is 36.1. The van der Waals surface area contributed by atoms with Crippen LogP contribution in [0.25, 0.3) is 0 Å². The van der Waals surface area contributed by atoms with E-state index >= 15 is 0 Å². The minimum absolute atomic E-state index is 0.0567. The summed E-state index contributed by atoms with van der Waals surface area (Å²) in [5.41, 5.74) is 12.1. The van der Waals surface area contributed by atoms with E-state index in [0.29, 0.717) is 66.7 Å². The van der Waals surface area contributed by atoms with E-state index in [1.165, 1.54) is 53.5 Å². The highest BCUT2D eigenvalue weighted by atomic mass is 16.5. The van der Waals surface area contributed by atoms with Gasteiger partial charge in [0.1, 0.15) is 23.2 Å². The van der Waals surface area contributed by atoms with Crippen LogP contribution in [-0.4, -0.2) is 59.9 Å². The maximum absolute atomic E-state index is 13.3. The van der Waals surface area contributed by atoms with Gasteiger partial charge in [0.2, 0.25) is 0 Å². The second-order valence-electron chi connectivity index (χ2n) is 26.3. The molecule has 3 saturated carbocycles. The van der Waals surface area contributed by atoms with Crippen LogP contribution < -0.4 is 9.47 Å². The summed E-state index contributed by atoms with van der Waals surface area (Å²) in [5, 5.41) is 9.88. The lowest BCUT2D eigenvalue weighted by Gasteiger charge is -2.55. The average molecular weight is 1050 g/mol. The van der Waals surface area contributed by atoms with Crippen LogP contribution in [0.15, 0.2) is 70.4 Å². The van der Waals surface area contributed by atoms with Gasteiger partial charge in [-0.3, -0.25) is 9.59 Å². The lowest BCUT2D eigenvalue weighted by atomic mass is 9.50. The van der Waals surface area contributed by atoms with E-state index in [9.17, 15) is 14.7 Å². The normalized spacial score (nSPS) is 27.2. The molecule has 0 spiro atoms. The van der Waals surface area contributed by atoms with E-state index in [1.54, 1.807) is 5.57 Å². The number of hydrogen-bond donors (Lipinski definition) is 1. The summed E-state index contributed by atoms with van der Waals surface area (Å²) in [6.07, 6.45) is 37.7. The lowest BCUT2D eigenvalue weighted by Crippen LogP contribution is -2.46. The van der Waals surface area contributed by atoms with Crippen molar-refractivity contribution in [3.05, 3.63) is 92.7 Å². The monoisotopic (exact) mass is 1050 g/mol. The molecule has 6 rings (SSSR count). The second kappa shape index (κ2) is 28.0. The van der Waals surface area contributed by atoms with E-state index in [1.807, 2.05) is 0 Å². The number of fused-ring (bicyclic) bond motifs is 6. The number of nitrogens with zero attached hydrogens (tertiary/aromatic N) is 1. The van der Waals surface area contributed by atoms with E-state index in [0.717, 1.165) is 131 Å². The maximum atomic E-state index is 13.3. The lowest BCUT2D eigenvalue weighted by molar-refractivity contribution is -0.151. The van der Waals surface area contributed by atoms with Crippen LogP contribution in [0, 0.1) is 67.1 Å². The molecule has 76 heavy (non-hydrogen) atoms. The molecule has 1 aromatic carbocycles. The molecule has 1 N–H and O–H groups in total. The first kappa shape index (κ1) is 61.5. The third kappa shape index (κ3) is 15.8. The van der Waals surface area contributed by atoms with Gasteiger partial charge in [-0.1, -0.05) is 125 Å². The highest BCUT2D eigenvalue weighted by Crippen LogP contribution is 2.66. The van der Waals surface area contributed by atoms with Gasteiger partial charge in [-0.05, 0) is 228 Å². The number of rotatable bonds is 27. The summed E-state index contributed by atoms with van der Waals surface area (Å²) < 4.78 is 19.2. The fourth-order valence-electron chi connectivity index (χ4n) is 14.3. The zero-order chi connectivity index (χ0) is 55.4. The number of hydrogen-bond acceptors (Lipinski definition) is 7. The Kier molecular flexibility index (Phi) is 22.6. The quantitative estimate of drug-likeness (QED) is 0.0407. The number of esters is 2. The van der Waals surface area contributed by atoms with Gasteiger partial charge in [0, 0.05) is 31.5 Å². The molecule has 1 aromatic rings. The number of carbonyl (C=O) groups is 2. The Hall–Kier alpha value is -3.68. The molecule has 3 fully saturated rings. The van der Waals surface area contributed by atoms with Crippen molar-refractivity contribution < 1.29 is 28.9 Å². The molecule has 1 heterocycles. The Morgan fingerprint density at radius 2 is 1.45 bits per heavy atom. The fraction of sp³-hybridized carbons (Fsp3) is 0.710. The van der Waals surface area contributed by atoms with Crippen LogP contribution in [0.1, 0.15) is 227 Å². The molecule has 424 valence electrons. The van der Waals surface area contributed by atoms with Gasteiger partial charge in [-0.15, -0.1) is 0 Å². The first-order valence-corrected chi connectivity index (χ1v) is 30.7. The van der Waals surface area contributed by atoms with E-state index in [4.69, 9.17) is 14.2 Å². The topological polar surface area (TPSA) is 85.3 Å². The predicted molar refractivity (Wildman–Crippen MR) is 317 cm³/mol. The van der Waals surface area contributed by atoms with Crippen LogP contribution in [0.4, 0.5) is 0 Å². The van der Waals surface area contributed by atoms with Gasteiger partial charge in [-0.2, -0.15) is 0 Å². The maximum Gasteiger partial charge on any atom is 0.311 e. The van der Waals surface area contributed by atoms with Crippen molar-refractivity contribution in [3.63, 3.8) is 0 Å². The summed E-state index contributed by atoms with van der Waals surface area (Å²) in [7, 11) is 0. The van der Waals surface area contributed by atoms with Crippen LogP contribution in [-0.2, 0) is 20.7 Å². The predicted octanol–water partition coefficient (Wildman–Crippen LogP) is 17.3. The largest absolute Gasteiger partial charge is 0.487 e. The molecule has 1 aliphatic heterocycles. The van der Waals surface area contributed by atoms with Crippen LogP contribution in [0.5, 0.6) is 11.5 Å². The molecule has 5 aliphatic rings. The molecular formula is C69H107NO6.